The van der Waals surface area contributed by atoms with E-state index in [1.807, 2.05) is 31.2 Å². The van der Waals surface area contributed by atoms with Gasteiger partial charge in [0.05, 0.1) is 28.5 Å². The predicted molar refractivity (Wildman–Crippen MR) is 97.2 cm³/mol. The topological polar surface area (TPSA) is 85.1 Å². The number of rotatable bonds is 3. The van der Waals surface area contributed by atoms with Crippen molar-refractivity contribution in [3.8, 4) is 21.3 Å². The highest BCUT2D eigenvalue weighted by Gasteiger charge is 2.38. The fraction of sp³-hybridized carbons (Fsp3) is 0.294. The van der Waals surface area contributed by atoms with Crippen LogP contribution >= 0.6 is 11.3 Å². The van der Waals surface area contributed by atoms with Gasteiger partial charge in [-0.05, 0) is 12.5 Å². The second-order valence-electron chi connectivity index (χ2n) is 6.21. The average Bonchev–Trinajstić information content (AvgIpc) is 3.25. The van der Waals surface area contributed by atoms with Crippen LogP contribution in [0.25, 0.3) is 21.3 Å². The number of aliphatic hydroxyl groups excluding tert-OH is 1. The van der Waals surface area contributed by atoms with Gasteiger partial charge in [-0.3, -0.25) is 0 Å². The first-order valence-electron chi connectivity index (χ1n) is 7.88. The van der Waals surface area contributed by atoms with Gasteiger partial charge in [-0.1, -0.05) is 24.3 Å². The predicted octanol–water partition coefficient (Wildman–Crippen LogP) is 2.31. The molecule has 0 unspecified atom stereocenters. The van der Waals surface area contributed by atoms with Gasteiger partial charge in [0.15, 0.2) is 15.7 Å². The highest BCUT2D eigenvalue weighted by molar-refractivity contribution is 7.91. The Bertz CT molecular complexity index is 1020. The van der Waals surface area contributed by atoms with Crippen LogP contribution in [0.3, 0.4) is 0 Å². The number of aromatic nitrogens is 3. The van der Waals surface area contributed by atoms with Gasteiger partial charge in [-0.25, -0.2) is 18.4 Å². The van der Waals surface area contributed by atoms with Gasteiger partial charge in [0.1, 0.15) is 5.01 Å². The Hall–Kier alpha value is -2.03. The van der Waals surface area contributed by atoms with Crippen molar-refractivity contribution in [2.45, 2.75) is 19.1 Å². The number of thiazole rings is 1. The SMILES string of the molecule is Cc1ccccc1-c1ncc(-c2nccn2[C@@H]2CS(=O)(=O)C[C@H]2O)s1. The maximum atomic E-state index is 11.8. The zero-order valence-corrected chi connectivity index (χ0v) is 15.2. The molecule has 6 nitrogen and oxygen atoms in total. The largest absolute Gasteiger partial charge is 0.390 e. The van der Waals surface area contributed by atoms with Gasteiger partial charge in [0.2, 0.25) is 0 Å². The quantitative estimate of drug-likeness (QED) is 0.759. The minimum Gasteiger partial charge on any atom is -0.390 e. The van der Waals surface area contributed by atoms with Crippen molar-refractivity contribution < 1.29 is 13.5 Å². The smallest absolute Gasteiger partial charge is 0.155 e. The maximum absolute atomic E-state index is 11.8. The van der Waals surface area contributed by atoms with Gasteiger partial charge >= 0.3 is 0 Å². The second kappa shape index (κ2) is 6.05. The van der Waals surface area contributed by atoms with Crippen LogP contribution in [0, 0.1) is 6.92 Å². The molecule has 1 aliphatic heterocycles. The van der Waals surface area contributed by atoms with Crippen molar-refractivity contribution in [3.63, 3.8) is 0 Å². The van der Waals surface area contributed by atoms with Gasteiger partial charge < -0.3 is 9.67 Å². The molecule has 1 N–H and O–H groups in total. The van der Waals surface area contributed by atoms with E-state index in [0.29, 0.717) is 5.82 Å². The Kier molecular flexibility index (Phi) is 3.98. The molecule has 0 saturated carbocycles. The van der Waals surface area contributed by atoms with Crippen LogP contribution in [0.1, 0.15) is 11.6 Å². The van der Waals surface area contributed by atoms with E-state index < -0.39 is 22.0 Å². The molecule has 3 heterocycles. The van der Waals surface area contributed by atoms with Gasteiger partial charge in [-0.2, -0.15) is 0 Å². The average molecular weight is 375 g/mol. The fourth-order valence-corrected chi connectivity index (χ4v) is 5.95. The molecule has 4 rings (SSSR count). The monoisotopic (exact) mass is 375 g/mol. The van der Waals surface area contributed by atoms with Gasteiger partial charge in [-0.15, -0.1) is 11.3 Å². The summed E-state index contributed by atoms with van der Waals surface area (Å²) in [6.07, 6.45) is 4.18. The van der Waals surface area contributed by atoms with Crippen LogP contribution in [0.15, 0.2) is 42.9 Å². The molecule has 1 aromatic carbocycles. The summed E-state index contributed by atoms with van der Waals surface area (Å²) in [6.45, 7) is 2.04. The van der Waals surface area contributed by atoms with Gasteiger partial charge in [0, 0.05) is 24.2 Å². The molecular formula is C17H17N3O3S2. The summed E-state index contributed by atoms with van der Waals surface area (Å²) in [4.78, 5) is 9.72. The Morgan fingerprint density at radius 1 is 1.24 bits per heavy atom. The van der Waals surface area contributed by atoms with E-state index >= 15 is 0 Å². The molecule has 130 valence electrons. The minimum absolute atomic E-state index is 0.0685. The molecule has 0 aliphatic carbocycles. The number of hydrogen-bond donors (Lipinski definition) is 1. The Balaban J connectivity index is 1.71. The summed E-state index contributed by atoms with van der Waals surface area (Å²) >= 11 is 1.51. The van der Waals surface area contributed by atoms with E-state index in [2.05, 4.69) is 9.97 Å². The fourth-order valence-electron chi connectivity index (χ4n) is 3.16. The molecule has 0 radical (unpaired) electrons. The number of aryl methyl sites for hydroxylation is 1. The third kappa shape index (κ3) is 3.01. The van der Waals surface area contributed by atoms with Crippen LogP contribution in [-0.4, -0.2) is 45.7 Å². The zero-order valence-electron chi connectivity index (χ0n) is 13.5. The molecule has 1 aliphatic rings. The number of sulfone groups is 1. The van der Waals surface area contributed by atoms with Crippen LogP contribution in [-0.2, 0) is 9.84 Å². The number of benzene rings is 1. The highest BCUT2D eigenvalue weighted by atomic mass is 32.2. The third-order valence-corrected chi connectivity index (χ3v) is 7.15. The van der Waals surface area contributed by atoms with E-state index in [-0.39, 0.29) is 11.5 Å². The number of imidazole rings is 1. The third-order valence-electron chi connectivity index (χ3n) is 4.42. The molecule has 2 atom stereocenters. The van der Waals surface area contributed by atoms with Crippen LogP contribution in [0.4, 0.5) is 0 Å². The zero-order chi connectivity index (χ0) is 17.6. The number of hydrogen-bond acceptors (Lipinski definition) is 6. The maximum Gasteiger partial charge on any atom is 0.155 e. The summed E-state index contributed by atoms with van der Waals surface area (Å²) < 4.78 is 25.4. The molecule has 25 heavy (non-hydrogen) atoms. The lowest BCUT2D eigenvalue weighted by Crippen LogP contribution is -2.22. The molecule has 2 aromatic heterocycles. The normalized spacial score (nSPS) is 22.3. The molecule has 0 bridgehead atoms. The second-order valence-corrected chi connectivity index (χ2v) is 9.40. The standard InChI is InChI=1S/C17H17N3O3S2/c1-11-4-2-3-5-12(11)17-19-8-15(24-17)16-18-6-7-20(16)13-9-25(22,23)10-14(13)21/h2-8,13-14,21H,9-10H2,1H3/t13-,14-/m1/s1. The summed E-state index contributed by atoms with van der Waals surface area (Å²) in [7, 11) is -3.22. The Morgan fingerprint density at radius 2 is 2.04 bits per heavy atom. The molecular weight excluding hydrogens is 358 g/mol. The van der Waals surface area contributed by atoms with Crippen molar-refractivity contribution in [2.75, 3.05) is 11.5 Å². The van der Waals surface area contributed by atoms with Crippen molar-refractivity contribution in [3.05, 3.63) is 48.4 Å². The number of nitrogens with zero attached hydrogens (tertiary/aromatic N) is 3. The molecule has 8 heteroatoms. The first kappa shape index (κ1) is 16.4. The highest BCUT2D eigenvalue weighted by Crippen LogP contribution is 2.35. The van der Waals surface area contributed by atoms with E-state index in [9.17, 15) is 13.5 Å². The van der Waals surface area contributed by atoms with Crippen molar-refractivity contribution >= 4 is 21.2 Å². The summed E-state index contributed by atoms with van der Waals surface area (Å²) in [5.74, 6) is 0.367. The molecule has 0 spiro atoms. The van der Waals surface area contributed by atoms with Crippen LogP contribution < -0.4 is 0 Å². The molecule has 0 amide bonds. The molecule has 3 aromatic rings. The summed E-state index contributed by atoms with van der Waals surface area (Å²) in [5, 5.41) is 11.0. The van der Waals surface area contributed by atoms with Crippen molar-refractivity contribution in [1.29, 1.82) is 0 Å². The van der Waals surface area contributed by atoms with Crippen molar-refractivity contribution in [1.82, 2.24) is 14.5 Å². The first-order valence-corrected chi connectivity index (χ1v) is 10.5. The lowest BCUT2D eigenvalue weighted by Gasteiger charge is -2.16. The van der Waals surface area contributed by atoms with Crippen LogP contribution in [0.5, 0.6) is 0 Å². The first-order chi connectivity index (χ1) is 11.9. The van der Waals surface area contributed by atoms with E-state index in [1.54, 1.807) is 23.2 Å². The Morgan fingerprint density at radius 3 is 2.76 bits per heavy atom. The summed E-state index contributed by atoms with van der Waals surface area (Å²) in [5.41, 5.74) is 2.21. The van der Waals surface area contributed by atoms with Crippen LogP contribution in [0.2, 0.25) is 0 Å². The number of aliphatic hydroxyl groups is 1. The Labute approximate surface area is 149 Å². The van der Waals surface area contributed by atoms with Crippen molar-refractivity contribution in [2.24, 2.45) is 0 Å². The van der Waals surface area contributed by atoms with E-state index in [1.165, 1.54) is 11.3 Å². The molecule has 1 saturated heterocycles. The lowest BCUT2D eigenvalue weighted by atomic mass is 10.1. The minimum atomic E-state index is -3.22. The van der Waals surface area contributed by atoms with E-state index in [0.717, 1.165) is 21.0 Å². The van der Waals surface area contributed by atoms with E-state index in [4.69, 9.17) is 0 Å². The molecule has 1 fully saturated rings. The van der Waals surface area contributed by atoms with Gasteiger partial charge in [0.25, 0.3) is 0 Å². The lowest BCUT2D eigenvalue weighted by molar-refractivity contribution is 0.154. The summed E-state index contributed by atoms with van der Waals surface area (Å²) in [6, 6.07) is 7.52.